The van der Waals surface area contributed by atoms with Crippen molar-refractivity contribution >= 4 is 16.5 Å². The van der Waals surface area contributed by atoms with E-state index >= 15 is 0 Å². The van der Waals surface area contributed by atoms with Crippen molar-refractivity contribution in [3.8, 4) is 11.3 Å². The zero-order valence-electron chi connectivity index (χ0n) is 13.0. The van der Waals surface area contributed by atoms with Crippen molar-refractivity contribution < 1.29 is 0 Å². The number of rotatable bonds is 4. The third kappa shape index (κ3) is 3.29. The molecule has 118 valence electrons. The van der Waals surface area contributed by atoms with E-state index in [-0.39, 0.29) is 0 Å². The summed E-state index contributed by atoms with van der Waals surface area (Å²) < 4.78 is 2.05. The Labute approximate surface area is 140 Å². The normalized spacial score (nSPS) is 15.9. The third-order valence-electron chi connectivity index (χ3n) is 4.45. The third-order valence-corrected chi connectivity index (χ3v) is 5.35. The first-order valence-electron chi connectivity index (χ1n) is 8.12. The van der Waals surface area contributed by atoms with Gasteiger partial charge in [0.1, 0.15) is 0 Å². The summed E-state index contributed by atoms with van der Waals surface area (Å²) in [6, 6.07) is 12.4. The number of aromatic nitrogens is 3. The van der Waals surface area contributed by atoms with Crippen molar-refractivity contribution in [1.29, 1.82) is 0 Å². The zero-order valence-corrected chi connectivity index (χ0v) is 13.8. The summed E-state index contributed by atoms with van der Waals surface area (Å²) in [5.74, 6) is 0.722. The summed E-state index contributed by atoms with van der Waals surface area (Å²) in [5.41, 5.74) is 2.29. The second-order valence-corrected chi connectivity index (χ2v) is 6.88. The molecule has 0 amide bonds. The van der Waals surface area contributed by atoms with Crippen LogP contribution in [0.15, 0.2) is 54.2 Å². The molecule has 1 saturated heterocycles. The fourth-order valence-electron chi connectivity index (χ4n) is 3.13. The topological polar surface area (TPSA) is 34.0 Å². The molecule has 0 spiro atoms. The van der Waals surface area contributed by atoms with Crippen LogP contribution in [-0.2, 0) is 6.54 Å². The van der Waals surface area contributed by atoms with E-state index < -0.39 is 0 Å². The van der Waals surface area contributed by atoms with E-state index in [0.717, 1.165) is 36.4 Å². The Hall–Kier alpha value is -2.14. The van der Waals surface area contributed by atoms with Crippen LogP contribution in [0.2, 0.25) is 0 Å². The Morgan fingerprint density at radius 3 is 2.65 bits per heavy atom. The number of nitrogens with zero attached hydrogens (tertiary/aromatic N) is 4. The van der Waals surface area contributed by atoms with Gasteiger partial charge in [0, 0.05) is 43.0 Å². The van der Waals surface area contributed by atoms with Gasteiger partial charge in [0.2, 0.25) is 0 Å². The average Bonchev–Trinajstić information content (AvgIpc) is 3.28. The lowest BCUT2D eigenvalue weighted by atomic mass is 9.97. The molecule has 1 aliphatic heterocycles. The minimum Gasteiger partial charge on any atom is -0.348 e. The SMILES string of the molecule is c1ccc(-c2csc(N3CCC(Cn4cccn4)CC3)n2)cc1. The molecule has 1 fully saturated rings. The maximum absolute atomic E-state index is 4.83. The number of anilines is 1. The van der Waals surface area contributed by atoms with Crippen LogP contribution in [0.25, 0.3) is 11.3 Å². The lowest BCUT2D eigenvalue weighted by Gasteiger charge is -2.31. The maximum atomic E-state index is 4.83. The molecule has 5 heteroatoms. The van der Waals surface area contributed by atoms with Gasteiger partial charge in [-0.2, -0.15) is 5.10 Å². The Bertz CT molecular complexity index is 727. The van der Waals surface area contributed by atoms with Crippen LogP contribution in [0.3, 0.4) is 0 Å². The molecule has 0 bridgehead atoms. The van der Waals surface area contributed by atoms with Crippen molar-refractivity contribution in [1.82, 2.24) is 14.8 Å². The Morgan fingerprint density at radius 1 is 1.09 bits per heavy atom. The van der Waals surface area contributed by atoms with Crippen LogP contribution in [-0.4, -0.2) is 27.9 Å². The first kappa shape index (κ1) is 14.5. The first-order chi connectivity index (χ1) is 11.4. The van der Waals surface area contributed by atoms with Gasteiger partial charge in [-0.1, -0.05) is 30.3 Å². The second kappa shape index (κ2) is 6.54. The van der Waals surface area contributed by atoms with Crippen LogP contribution in [0.4, 0.5) is 5.13 Å². The molecule has 0 aliphatic carbocycles. The largest absolute Gasteiger partial charge is 0.348 e. The van der Waals surface area contributed by atoms with Crippen LogP contribution in [0, 0.1) is 5.92 Å². The van der Waals surface area contributed by atoms with Gasteiger partial charge in [0.05, 0.1) is 5.69 Å². The van der Waals surface area contributed by atoms with E-state index in [1.807, 2.05) is 18.3 Å². The fourth-order valence-corrected chi connectivity index (χ4v) is 4.02. The molecule has 0 radical (unpaired) electrons. The highest BCUT2D eigenvalue weighted by molar-refractivity contribution is 7.14. The minimum atomic E-state index is 0.722. The molecule has 3 aromatic rings. The molecule has 23 heavy (non-hydrogen) atoms. The van der Waals surface area contributed by atoms with E-state index in [9.17, 15) is 0 Å². The predicted molar refractivity (Wildman–Crippen MR) is 94.7 cm³/mol. The number of thiazole rings is 1. The maximum Gasteiger partial charge on any atom is 0.185 e. The number of piperidine rings is 1. The standard InChI is InChI=1S/C18H20N4S/c1-2-5-16(6-3-1)17-14-23-18(20-17)21-11-7-15(8-12-21)13-22-10-4-9-19-22/h1-6,9-10,14-15H,7-8,11-13H2. The fraction of sp³-hybridized carbons (Fsp3) is 0.333. The van der Waals surface area contributed by atoms with Gasteiger partial charge in [-0.05, 0) is 24.8 Å². The first-order valence-corrected chi connectivity index (χ1v) is 9.00. The summed E-state index contributed by atoms with van der Waals surface area (Å²) in [6.07, 6.45) is 6.33. The van der Waals surface area contributed by atoms with Gasteiger partial charge >= 0.3 is 0 Å². The van der Waals surface area contributed by atoms with Gasteiger partial charge in [-0.3, -0.25) is 4.68 Å². The molecule has 0 unspecified atom stereocenters. The molecular weight excluding hydrogens is 304 g/mol. The second-order valence-electron chi connectivity index (χ2n) is 6.04. The van der Waals surface area contributed by atoms with Crippen LogP contribution >= 0.6 is 11.3 Å². The van der Waals surface area contributed by atoms with E-state index in [1.54, 1.807) is 11.3 Å². The monoisotopic (exact) mass is 324 g/mol. The van der Waals surface area contributed by atoms with Gasteiger partial charge in [-0.15, -0.1) is 11.3 Å². The van der Waals surface area contributed by atoms with Gasteiger partial charge in [0.15, 0.2) is 5.13 Å². The van der Waals surface area contributed by atoms with E-state index in [1.165, 1.54) is 18.4 Å². The van der Waals surface area contributed by atoms with Crippen molar-refractivity contribution in [3.63, 3.8) is 0 Å². The van der Waals surface area contributed by atoms with Crippen molar-refractivity contribution in [3.05, 3.63) is 54.2 Å². The Balaban J connectivity index is 1.38. The molecule has 4 rings (SSSR count). The molecule has 0 N–H and O–H groups in total. The van der Waals surface area contributed by atoms with E-state index in [0.29, 0.717) is 0 Å². The number of hydrogen-bond acceptors (Lipinski definition) is 4. The van der Waals surface area contributed by atoms with Gasteiger partial charge < -0.3 is 4.90 Å². The minimum absolute atomic E-state index is 0.722. The molecule has 0 atom stereocenters. The lowest BCUT2D eigenvalue weighted by Crippen LogP contribution is -2.35. The van der Waals surface area contributed by atoms with Crippen LogP contribution < -0.4 is 4.90 Å². The van der Waals surface area contributed by atoms with Crippen molar-refractivity contribution in [2.45, 2.75) is 19.4 Å². The highest BCUT2D eigenvalue weighted by Gasteiger charge is 2.21. The van der Waals surface area contributed by atoms with Gasteiger partial charge in [0.25, 0.3) is 0 Å². The molecule has 3 heterocycles. The van der Waals surface area contributed by atoms with Gasteiger partial charge in [-0.25, -0.2) is 4.98 Å². The predicted octanol–water partition coefficient (Wildman–Crippen LogP) is 3.92. The van der Waals surface area contributed by atoms with Crippen LogP contribution in [0.5, 0.6) is 0 Å². The summed E-state index contributed by atoms with van der Waals surface area (Å²) in [5, 5.41) is 7.64. The summed E-state index contributed by atoms with van der Waals surface area (Å²) in [7, 11) is 0. The van der Waals surface area contributed by atoms with Crippen molar-refractivity contribution in [2.75, 3.05) is 18.0 Å². The Morgan fingerprint density at radius 2 is 1.91 bits per heavy atom. The van der Waals surface area contributed by atoms with Crippen molar-refractivity contribution in [2.24, 2.45) is 5.92 Å². The van der Waals surface area contributed by atoms with Crippen LogP contribution in [0.1, 0.15) is 12.8 Å². The lowest BCUT2D eigenvalue weighted by molar-refractivity contribution is 0.342. The Kier molecular flexibility index (Phi) is 4.11. The zero-order chi connectivity index (χ0) is 15.5. The summed E-state index contributed by atoms with van der Waals surface area (Å²) >= 11 is 1.75. The molecule has 1 aromatic carbocycles. The molecule has 0 saturated carbocycles. The molecule has 2 aromatic heterocycles. The molecule has 1 aliphatic rings. The highest BCUT2D eigenvalue weighted by Crippen LogP contribution is 2.30. The summed E-state index contributed by atoms with van der Waals surface area (Å²) in [6.45, 7) is 3.22. The molecular formula is C18H20N4S. The smallest absolute Gasteiger partial charge is 0.185 e. The average molecular weight is 324 g/mol. The summed E-state index contributed by atoms with van der Waals surface area (Å²) in [4.78, 5) is 7.26. The quantitative estimate of drug-likeness (QED) is 0.729. The molecule has 4 nitrogen and oxygen atoms in total. The highest BCUT2D eigenvalue weighted by atomic mass is 32.1. The number of benzene rings is 1. The van der Waals surface area contributed by atoms with E-state index in [4.69, 9.17) is 4.98 Å². The van der Waals surface area contributed by atoms with E-state index in [2.05, 4.69) is 50.5 Å². The number of hydrogen-bond donors (Lipinski definition) is 0.